The number of carbonyl (C=O) groups excluding carboxylic acids is 1. The van der Waals surface area contributed by atoms with Crippen molar-refractivity contribution in [3.63, 3.8) is 0 Å². The lowest BCUT2D eigenvalue weighted by Gasteiger charge is -2.22. The second-order valence-corrected chi connectivity index (χ2v) is 7.17. The Kier molecular flexibility index (Phi) is 4.54. The van der Waals surface area contributed by atoms with Gasteiger partial charge in [0.05, 0.1) is 5.56 Å². The molecule has 2 heterocycles. The summed E-state index contributed by atoms with van der Waals surface area (Å²) in [6.45, 7) is 4.06. The Labute approximate surface area is 163 Å². The van der Waals surface area contributed by atoms with E-state index in [9.17, 15) is 4.79 Å². The highest BCUT2D eigenvalue weighted by Crippen LogP contribution is 2.36. The van der Waals surface area contributed by atoms with Crippen molar-refractivity contribution in [2.45, 2.75) is 26.3 Å². The highest BCUT2D eigenvalue weighted by molar-refractivity contribution is 6.31. The number of carbonyl (C=O) groups is 1. The molecule has 1 aliphatic heterocycles. The van der Waals surface area contributed by atoms with Crippen LogP contribution in [0.5, 0.6) is 0 Å². The molecule has 5 nitrogen and oxygen atoms in total. The van der Waals surface area contributed by atoms with Gasteiger partial charge in [-0.2, -0.15) is 0 Å². The molecular weight excluding hydrogens is 360 g/mol. The quantitative estimate of drug-likeness (QED) is 0.713. The van der Waals surface area contributed by atoms with E-state index in [4.69, 9.17) is 11.6 Å². The molecule has 0 aliphatic carbocycles. The van der Waals surface area contributed by atoms with Gasteiger partial charge in [0.2, 0.25) is 5.95 Å². The first-order chi connectivity index (χ1) is 13.0. The van der Waals surface area contributed by atoms with Crippen molar-refractivity contribution in [2.24, 2.45) is 0 Å². The van der Waals surface area contributed by atoms with Gasteiger partial charge in [0.15, 0.2) is 0 Å². The van der Waals surface area contributed by atoms with Crippen molar-refractivity contribution in [1.29, 1.82) is 0 Å². The number of aryl methyl sites for hydroxylation is 1. The van der Waals surface area contributed by atoms with E-state index in [0.29, 0.717) is 22.2 Å². The van der Waals surface area contributed by atoms with Crippen LogP contribution in [0.2, 0.25) is 5.02 Å². The Morgan fingerprint density at radius 3 is 2.70 bits per heavy atom. The van der Waals surface area contributed by atoms with E-state index in [0.717, 1.165) is 17.7 Å². The van der Waals surface area contributed by atoms with Crippen LogP contribution in [-0.4, -0.2) is 21.9 Å². The molecule has 4 rings (SSSR count). The Hall–Kier alpha value is -2.92. The van der Waals surface area contributed by atoms with Gasteiger partial charge in [0.25, 0.3) is 5.91 Å². The lowest BCUT2D eigenvalue weighted by atomic mass is 10.1. The van der Waals surface area contributed by atoms with Gasteiger partial charge in [0, 0.05) is 34.8 Å². The number of nitrogens with one attached hydrogen (secondary N) is 1. The number of aromatic nitrogens is 2. The van der Waals surface area contributed by atoms with Gasteiger partial charge >= 0.3 is 0 Å². The number of benzene rings is 2. The minimum absolute atomic E-state index is 0.262. The van der Waals surface area contributed by atoms with Crippen molar-refractivity contribution >= 4 is 34.8 Å². The van der Waals surface area contributed by atoms with Crippen LogP contribution in [0.4, 0.5) is 17.3 Å². The molecule has 0 radical (unpaired) electrons. The van der Waals surface area contributed by atoms with Crippen LogP contribution < -0.4 is 10.2 Å². The monoisotopic (exact) mass is 378 g/mol. The van der Waals surface area contributed by atoms with E-state index in [1.54, 1.807) is 24.5 Å². The third-order valence-electron chi connectivity index (χ3n) is 4.77. The highest BCUT2D eigenvalue weighted by Gasteiger charge is 2.28. The van der Waals surface area contributed by atoms with Gasteiger partial charge in [-0.3, -0.25) is 4.79 Å². The number of para-hydroxylation sites is 1. The zero-order valence-electron chi connectivity index (χ0n) is 15.1. The van der Waals surface area contributed by atoms with E-state index in [1.165, 1.54) is 5.56 Å². The number of hydrogen-bond donors (Lipinski definition) is 1. The normalized spacial score (nSPS) is 15.5. The fourth-order valence-electron chi connectivity index (χ4n) is 3.36. The Morgan fingerprint density at radius 2 is 1.93 bits per heavy atom. The smallest absolute Gasteiger partial charge is 0.258 e. The van der Waals surface area contributed by atoms with E-state index in [-0.39, 0.29) is 11.9 Å². The fraction of sp³-hybridized carbons (Fsp3) is 0.190. The minimum Gasteiger partial charge on any atom is -0.322 e. The molecule has 1 atom stereocenters. The largest absolute Gasteiger partial charge is 0.322 e. The number of halogens is 1. The molecule has 3 aromatic rings. The van der Waals surface area contributed by atoms with Gasteiger partial charge in [-0.1, -0.05) is 35.9 Å². The molecule has 6 heteroatoms. The second kappa shape index (κ2) is 7.00. The molecule has 0 fully saturated rings. The molecular formula is C21H19ClN4O. The summed E-state index contributed by atoms with van der Waals surface area (Å²) >= 11 is 6.01. The third kappa shape index (κ3) is 3.38. The van der Waals surface area contributed by atoms with Gasteiger partial charge in [-0.15, -0.1) is 0 Å². The lowest BCUT2D eigenvalue weighted by molar-refractivity contribution is 0.102. The number of hydrogen-bond acceptors (Lipinski definition) is 4. The number of rotatable bonds is 3. The lowest BCUT2D eigenvalue weighted by Crippen LogP contribution is -2.26. The zero-order valence-corrected chi connectivity index (χ0v) is 15.9. The third-order valence-corrected chi connectivity index (χ3v) is 5.01. The maximum Gasteiger partial charge on any atom is 0.258 e. The molecule has 0 bridgehead atoms. The summed E-state index contributed by atoms with van der Waals surface area (Å²) in [6.07, 6.45) is 4.08. The van der Waals surface area contributed by atoms with Gasteiger partial charge < -0.3 is 10.2 Å². The molecule has 1 aromatic heterocycles. The molecule has 27 heavy (non-hydrogen) atoms. The van der Waals surface area contributed by atoms with Crippen molar-refractivity contribution in [1.82, 2.24) is 9.97 Å². The predicted molar refractivity (Wildman–Crippen MR) is 108 cm³/mol. The summed E-state index contributed by atoms with van der Waals surface area (Å²) in [5, 5.41) is 3.44. The van der Waals surface area contributed by atoms with Crippen LogP contribution in [-0.2, 0) is 6.42 Å². The van der Waals surface area contributed by atoms with Crippen LogP contribution in [0.3, 0.4) is 0 Å². The highest BCUT2D eigenvalue weighted by atomic mass is 35.5. The van der Waals surface area contributed by atoms with Crippen molar-refractivity contribution in [3.8, 4) is 0 Å². The average molecular weight is 379 g/mol. The topological polar surface area (TPSA) is 58.1 Å². The minimum atomic E-state index is -0.262. The van der Waals surface area contributed by atoms with Crippen LogP contribution >= 0.6 is 11.6 Å². The summed E-state index contributed by atoms with van der Waals surface area (Å²) in [5.74, 6) is 0.338. The summed E-state index contributed by atoms with van der Waals surface area (Å²) in [6, 6.07) is 13.9. The predicted octanol–water partition coefficient (Wildman–Crippen LogP) is 4.77. The van der Waals surface area contributed by atoms with Crippen LogP contribution in [0.1, 0.15) is 28.4 Å². The molecule has 0 spiro atoms. The number of anilines is 3. The van der Waals surface area contributed by atoms with E-state index >= 15 is 0 Å². The van der Waals surface area contributed by atoms with Gasteiger partial charge in [-0.05, 0) is 49.6 Å². The van der Waals surface area contributed by atoms with Crippen molar-refractivity contribution < 1.29 is 4.79 Å². The van der Waals surface area contributed by atoms with Gasteiger partial charge in [0.1, 0.15) is 0 Å². The maximum atomic E-state index is 12.5. The molecule has 0 saturated carbocycles. The van der Waals surface area contributed by atoms with Crippen molar-refractivity contribution in [3.05, 3.63) is 76.6 Å². The van der Waals surface area contributed by atoms with E-state index in [2.05, 4.69) is 39.2 Å². The first-order valence-electron chi connectivity index (χ1n) is 8.79. The molecule has 136 valence electrons. The fourth-order valence-corrected chi connectivity index (χ4v) is 3.53. The summed E-state index contributed by atoms with van der Waals surface area (Å²) < 4.78 is 0. The Bertz CT molecular complexity index is 1000. The standard InChI is InChI=1S/C21H19ClN4O/c1-13-7-8-17(22)10-18(13)25-20(27)16-11-23-21(24-12-16)26-14(2)9-15-5-3-4-6-19(15)26/h3-8,10-12,14H,9H2,1-2H3,(H,25,27). The molecule has 2 aromatic carbocycles. The number of fused-ring (bicyclic) bond motifs is 1. The van der Waals surface area contributed by atoms with Crippen LogP contribution in [0.25, 0.3) is 0 Å². The van der Waals surface area contributed by atoms with E-state index in [1.807, 2.05) is 25.1 Å². The van der Waals surface area contributed by atoms with E-state index < -0.39 is 0 Å². The molecule has 0 saturated heterocycles. The van der Waals surface area contributed by atoms with Crippen molar-refractivity contribution in [2.75, 3.05) is 10.2 Å². The summed E-state index contributed by atoms with van der Waals surface area (Å²) in [4.78, 5) is 23.5. The number of amides is 1. The summed E-state index contributed by atoms with van der Waals surface area (Å²) in [7, 11) is 0. The second-order valence-electron chi connectivity index (χ2n) is 6.74. The first kappa shape index (κ1) is 17.5. The Balaban J connectivity index is 1.56. The summed E-state index contributed by atoms with van der Waals surface area (Å²) in [5.41, 5.74) is 4.42. The molecule has 1 N–H and O–H groups in total. The van der Waals surface area contributed by atoms with Gasteiger partial charge in [-0.25, -0.2) is 9.97 Å². The zero-order chi connectivity index (χ0) is 19.0. The van der Waals surface area contributed by atoms with Crippen LogP contribution in [0, 0.1) is 6.92 Å². The molecule has 1 amide bonds. The average Bonchev–Trinajstić information content (AvgIpc) is 3.00. The SMILES string of the molecule is Cc1ccc(Cl)cc1NC(=O)c1cnc(N2c3ccccc3CC2C)nc1. The first-order valence-corrected chi connectivity index (χ1v) is 9.17. The Morgan fingerprint density at radius 1 is 1.19 bits per heavy atom. The molecule has 1 aliphatic rings. The van der Waals surface area contributed by atoms with Crippen LogP contribution in [0.15, 0.2) is 54.9 Å². The maximum absolute atomic E-state index is 12.5. The molecule has 1 unspecified atom stereocenters. The number of nitrogens with zero attached hydrogens (tertiary/aromatic N) is 3.